The van der Waals surface area contributed by atoms with E-state index < -0.39 is 40.1 Å². The summed E-state index contributed by atoms with van der Waals surface area (Å²) in [6, 6.07) is 11.9. The summed E-state index contributed by atoms with van der Waals surface area (Å²) < 4.78 is 5.41. The first-order valence-electron chi connectivity index (χ1n) is 9.92. The number of nitrogens with two attached hydrogens (primary N) is 1. The zero-order chi connectivity index (χ0) is 23.9. The monoisotopic (exact) mass is 469 g/mol. The zero-order valence-electron chi connectivity index (χ0n) is 17.3. The Hall–Kier alpha value is -3.70. The summed E-state index contributed by atoms with van der Waals surface area (Å²) in [7, 11) is 0. The van der Waals surface area contributed by atoms with Crippen LogP contribution in [0.2, 0.25) is 0 Å². The van der Waals surface area contributed by atoms with E-state index in [0.717, 1.165) is 0 Å². The van der Waals surface area contributed by atoms with Gasteiger partial charge in [-0.2, -0.15) is 0 Å². The van der Waals surface area contributed by atoms with Gasteiger partial charge in [0, 0.05) is 22.6 Å². The van der Waals surface area contributed by atoms with Gasteiger partial charge in [-0.15, -0.1) is 0 Å². The second-order valence-electron chi connectivity index (χ2n) is 7.61. The largest absolute Gasteiger partial charge is 0.456 e. The van der Waals surface area contributed by atoms with E-state index >= 15 is 0 Å². The van der Waals surface area contributed by atoms with Crippen LogP contribution in [0.4, 0.5) is 5.69 Å². The van der Waals surface area contributed by atoms with Crippen molar-refractivity contribution in [2.24, 2.45) is 11.7 Å². The molecular weight excluding hydrogens is 450 g/mol. The Kier molecular flexibility index (Phi) is 5.91. The number of esters is 1. The summed E-state index contributed by atoms with van der Waals surface area (Å²) in [6.45, 7) is 1.35. The third-order valence-electron chi connectivity index (χ3n) is 5.42. The van der Waals surface area contributed by atoms with Crippen molar-refractivity contribution in [1.29, 1.82) is 0 Å². The fourth-order valence-electron chi connectivity index (χ4n) is 3.72. The summed E-state index contributed by atoms with van der Waals surface area (Å²) in [5.41, 5.74) is 6.60. The number of non-ortho nitro benzene ring substituents is 1. The zero-order valence-corrected chi connectivity index (χ0v) is 18.2. The van der Waals surface area contributed by atoms with Crippen LogP contribution in [0.15, 0.2) is 54.2 Å². The minimum absolute atomic E-state index is 0.0235. The molecule has 0 radical (unpaired) electrons. The van der Waals surface area contributed by atoms with Crippen molar-refractivity contribution in [2.75, 3.05) is 0 Å². The molecule has 0 aliphatic carbocycles. The molecule has 2 aliphatic rings. The highest BCUT2D eigenvalue weighted by molar-refractivity contribution is 8.09. The molecule has 2 aromatic carbocycles. The van der Waals surface area contributed by atoms with E-state index in [1.807, 2.05) is 0 Å². The molecule has 3 atom stereocenters. The first-order valence-corrected chi connectivity index (χ1v) is 10.8. The molecule has 4 rings (SSSR count). The lowest BCUT2D eigenvalue weighted by atomic mass is 9.92. The van der Waals surface area contributed by atoms with Gasteiger partial charge in [0.25, 0.3) is 5.69 Å². The van der Waals surface area contributed by atoms with Crippen LogP contribution >= 0.6 is 11.8 Å². The summed E-state index contributed by atoms with van der Waals surface area (Å²) >= 11 is 1.23. The van der Waals surface area contributed by atoms with Crippen LogP contribution in [-0.4, -0.2) is 44.2 Å². The second kappa shape index (κ2) is 8.68. The van der Waals surface area contributed by atoms with E-state index in [4.69, 9.17) is 10.5 Å². The quantitative estimate of drug-likeness (QED) is 0.270. The van der Waals surface area contributed by atoms with Crippen molar-refractivity contribution in [1.82, 2.24) is 4.90 Å². The minimum Gasteiger partial charge on any atom is -0.456 e. The molecule has 2 heterocycles. The summed E-state index contributed by atoms with van der Waals surface area (Å²) in [5, 5.41) is 20.3. The van der Waals surface area contributed by atoms with E-state index in [9.17, 15) is 29.6 Å². The molecule has 0 aromatic heterocycles. The van der Waals surface area contributed by atoms with Crippen molar-refractivity contribution in [2.45, 2.75) is 25.0 Å². The molecule has 2 amide bonds. The Labute approximate surface area is 192 Å². The maximum atomic E-state index is 13.1. The molecule has 1 fully saturated rings. The Morgan fingerprint density at radius 3 is 2.58 bits per heavy atom. The molecule has 0 unspecified atom stereocenters. The topological polar surface area (TPSA) is 153 Å². The molecule has 1 saturated heterocycles. The Morgan fingerprint density at radius 2 is 1.97 bits per heavy atom. The van der Waals surface area contributed by atoms with Crippen LogP contribution in [-0.2, 0) is 20.9 Å². The molecule has 0 saturated carbocycles. The Balaban J connectivity index is 1.63. The fourth-order valence-corrected chi connectivity index (χ4v) is 5.32. The average Bonchev–Trinajstić information content (AvgIpc) is 3.12. The van der Waals surface area contributed by atoms with Gasteiger partial charge in [-0.05, 0) is 42.3 Å². The van der Waals surface area contributed by atoms with Crippen LogP contribution < -0.4 is 5.73 Å². The van der Waals surface area contributed by atoms with Gasteiger partial charge in [0.2, 0.25) is 11.8 Å². The van der Waals surface area contributed by atoms with Gasteiger partial charge in [-0.3, -0.25) is 24.6 Å². The van der Waals surface area contributed by atoms with Gasteiger partial charge >= 0.3 is 5.97 Å². The van der Waals surface area contributed by atoms with Gasteiger partial charge in [-0.25, -0.2) is 4.79 Å². The number of primary amides is 1. The number of fused-ring (bicyclic) bond motifs is 1. The van der Waals surface area contributed by atoms with Crippen LogP contribution in [0.5, 0.6) is 0 Å². The number of carbonyl (C=O) groups is 3. The summed E-state index contributed by atoms with van der Waals surface area (Å²) in [6.07, 6.45) is -0.903. The lowest BCUT2D eigenvalue weighted by Gasteiger charge is -2.43. The predicted molar refractivity (Wildman–Crippen MR) is 118 cm³/mol. The van der Waals surface area contributed by atoms with Crippen LogP contribution in [0.1, 0.15) is 28.4 Å². The number of carbonyl (C=O) groups excluding carboxylic acids is 3. The number of nitrogens with zero attached hydrogens (tertiary/aromatic N) is 2. The molecule has 3 N–H and O–H groups in total. The number of hydrogen-bond acceptors (Lipinski definition) is 8. The third-order valence-corrected chi connectivity index (χ3v) is 6.83. The number of rotatable bonds is 7. The highest BCUT2D eigenvalue weighted by Crippen LogP contribution is 2.54. The summed E-state index contributed by atoms with van der Waals surface area (Å²) in [5.74, 6) is -2.47. The van der Waals surface area contributed by atoms with E-state index in [2.05, 4.69) is 0 Å². The van der Waals surface area contributed by atoms with Gasteiger partial charge in [0.05, 0.1) is 16.9 Å². The minimum atomic E-state index is -0.903. The number of nitro benzene ring substituents is 1. The highest BCUT2D eigenvalue weighted by atomic mass is 32.2. The van der Waals surface area contributed by atoms with Crippen LogP contribution in [0.25, 0.3) is 4.91 Å². The van der Waals surface area contributed by atoms with Crippen LogP contribution in [0.3, 0.4) is 0 Å². The molecule has 0 bridgehead atoms. The first-order chi connectivity index (χ1) is 15.7. The molecular formula is C22H19N3O7S. The summed E-state index contributed by atoms with van der Waals surface area (Å²) in [4.78, 5) is 49.4. The van der Waals surface area contributed by atoms with Crippen molar-refractivity contribution in [3.05, 3.63) is 81.0 Å². The van der Waals surface area contributed by atoms with E-state index in [1.54, 1.807) is 12.1 Å². The lowest BCUT2D eigenvalue weighted by molar-refractivity contribution is -0.384. The molecule has 11 heteroatoms. The van der Waals surface area contributed by atoms with Crippen LogP contribution in [0, 0.1) is 16.0 Å². The molecule has 10 nitrogen and oxygen atoms in total. The third kappa shape index (κ3) is 4.08. The average molecular weight is 469 g/mol. The number of aliphatic hydroxyl groups excluding tert-OH is 1. The van der Waals surface area contributed by atoms with E-state index in [1.165, 1.54) is 60.0 Å². The van der Waals surface area contributed by atoms with Crippen molar-refractivity contribution >= 4 is 40.1 Å². The molecule has 33 heavy (non-hydrogen) atoms. The fraction of sp³-hybridized carbons (Fsp3) is 0.227. The van der Waals surface area contributed by atoms with Gasteiger partial charge in [-0.1, -0.05) is 23.9 Å². The number of amides is 2. The van der Waals surface area contributed by atoms with E-state index in [-0.39, 0.29) is 23.6 Å². The normalized spacial score (nSPS) is 20.2. The number of nitro groups is 1. The number of hydrogen-bond donors (Lipinski definition) is 2. The molecule has 170 valence electrons. The standard InChI is InChI=1S/C22H19N3O7S/c1-11(26)16-20(28)24-17(22(29)32-10-12-5-7-15(8-6-12)25(30)31)18(33-21(16)24)13-3-2-4-14(9-13)19(23)27/h2-9,11,16,21,26H,10H2,1H3,(H2,23,27)/t11-,16+,21-/m1/s1. The van der Waals surface area contributed by atoms with Gasteiger partial charge in [0.1, 0.15) is 17.7 Å². The number of thioether (sulfide) groups is 1. The van der Waals surface area contributed by atoms with Gasteiger partial charge in [0.15, 0.2) is 0 Å². The Morgan fingerprint density at radius 1 is 1.27 bits per heavy atom. The molecule has 2 aromatic rings. The SMILES string of the molecule is C[C@@H](O)[C@H]1C(=O)N2C(C(=O)OCc3ccc([N+](=O)[O-])cc3)=C(c3cccc(C(N)=O)c3)S[C@H]12. The lowest BCUT2D eigenvalue weighted by Crippen LogP contribution is -2.60. The smallest absolute Gasteiger partial charge is 0.356 e. The maximum Gasteiger partial charge on any atom is 0.356 e. The molecule has 0 spiro atoms. The van der Waals surface area contributed by atoms with Crippen molar-refractivity contribution in [3.63, 3.8) is 0 Å². The number of benzene rings is 2. The predicted octanol–water partition coefficient (Wildman–Crippen LogP) is 2.02. The van der Waals surface area contributed by atoms with Crippen molar-refractivity contribution < 1.29 is 29.2 Å². The number of β-lactam (4-membered cyclic amide) rings is 1. The number of ether oxygens (including phenoxy) is 1. The van der Waals surface area contributed by atoms with Crippen molar-refractivity contribution in [3.8, 4) is 0 Å². The second-order valence-corrected chi connectivity index (χ2v) is 8.73. The van der Waals surface area contributed by atoms with E-state index in [0.29, 0.717) is 16.0 Å². The molecule has 2 aliphatic heterocycles. The Bertz CT molecular complexity index is 1190. The number of aliphatic hydroxyl groups is 1. The maximum absolute atomic E-state index is 13.1. The highest BCUT2D eigenvalue weighted by Gasteiger charge is 2.58. The first kappa shape index (κ1) is 22.5. The van der Waals surface area contributed by atoms with Gasteiger partial charge < -0.3 is 15.6 Å².